The summed E-state index contributed by atoms with van der Waals surface area (Å²) >= 11 is 0. The molecule has 1 aliphatic rings. The Bertz CT molecular complexity index is 717. The van der Waals surface area contributed by atoms with Crippen LogP contribution in [0.1, 0.15) is 25.2 Å². The maximum Gasteiger partial charge on any atom is 0.187 e. The van der Waals surface area contributed by atoms with Crippen LogP contribution in [0.3, 0.4) is 0 Å². The molecule has 0 atom stereocenters. The molecule has 1 N–H and O–H groups in total. The number of aromatic hydroxyl groups is 1. The Kier molecular flexibility index (Phi) is 4.78. The molecule has 0 spiro atoms. The molecule has 0 bridgehead atoms. The molecule has 6 heteroatoms. The number of hydrogen-bond acceptors (Lipinski definition) is 3. The maximum atomic E-state index is 14.4. The second kappa shape index (κ2) is 6.83. The number of ether oxygens (including phenoxy) is 2. The molecule has 128 valence electrons. The topological polar surface area (TPSA) is 38.7 Å². The smallest absolute Gasteiger partial charge is 0.187 e. The van der Waals surface area contributed by atoms with Gasteiger partial charge in [-0.05, 0) is 30.2 Å². The molecule has 0 aliphatic carbocycles. The van der Waals surface area contributed by atoms with Gasteiger partial charge in [0.2, 0.25) is 0 Å². The zero-order chi connectivity index (χ0) is 17.3. The minimum Gasteiger partial charge on any atom is -0.503 e. The van der Waals surface area contributed by atoms with Gasteiger partial charge in [-0.25, -0.2) is 13.2 Å². The largest absolute Gasteiger partial charge is 0.503 e. The van der Waals surface area contributed by atoms with Gasteiger partial charge in [0.25, 0.3) is 0 Å². The molecule has 0 amide bonds. The highest BCUT2D eigenvalue weighted by Gasteiger charge is 2.23. The van der Waals surface area contributed by atoms with Gasteiger partial charge >= 0.3 is 0 Å². The van der Waals surface area contributed by atoms with Crippen molar-refractivity contribution in [2.45, 2.75) is 19.6 Å². The van der Waals surface area contributed by atoms with Crippen LogP contribution < -0.4 is 0 Å². The number of benzene rings is 2. The van der Waals surface area contributed by atoms with Gasteiger partial charge in [0.1, 0.15) is 5.82 Å². The van der Waals surface area contributed by atoms with Crippen LogP contribution in [0.15, 0.2) is 30.3 Å². The van der Waals surface area contributed by atoms with E-state index in [0.717, 1.165) is 18.6 Å². The Labute approximate surface area is 137 Å². The second-order valence-corrected chi connectivity index (χ2v) is 5.80. The fourth-order valence-corrected chi connectivity index (χ4v) is 2.60. The van der Waals surface area contributed by atoms with E-state index < -0.39 is 29.5 Å². The normalized spacial score (nSPS) is 21.0. The number of halogens is 3. The van der Waals surface area contributed by atoms with E-state index in [1.165, 1.54) is 12.1 Å². The summed E-state index contributed by atoms with van der Waals surface area (Å²) in [5.41, 5.74) is 0.535. The molecule has 24 heavy (non-hydrogen) atoms. The Morgan fingerprint density at radius 2 is 1.62 bits per heavy atom. The van der Waals surface area contributed by atoms with Crippen molar-refractivity contribution in [3.63, 3.8) is 0 Å². The maximum absolute atomic E-state index is 14.4. The van der Waals surface area contributed by atoms with Crippen LogP contribution in [0, 0.1) is 23.4 Å². The summed E-state index contributed by atoms with van der Waals surface area (Å²) in [7, 11) is 0. The van der Waals surface area contributed by atoms with Crippen molar-refractivity contribution in [3.05, 3.63) is 53.3 Å². The van der Waals surface area contributed by atoms with Gasteiger partial charge in [0.05, 0.1) is 13.2 Å². The highest BCUT2D eigenvalue weighted by atomic mass is 19.1. The van der Waals surface area contributed by atoms with E-state index in [-0.39, 0.29) is 11.1 Å². The lowest BCUT2D eigenvalue weighted by molar-refractivity contribution is -0.205. The van der Waals surface area contributed by atoms with E-state index >= 15 is 0 Å². The summed E-state index contributed by atoms with van der Waals surface area (Å²) in [4.78, 5) is 0. The van der Waals surface area contributed by atoms with Crippen LogP contribution in [-0.2, 0) is 9.47 Å². The first-order valence-electron chi connectivity index (χ1n) is 7.70. The molecule has 2 aromatic carbocycles. The lowest BCUT2D eigenvalue weighted by Gasteiger charge is -2.29. The fourth-order valence-electron chi connectivity index (χ4n) is 2.60. The zero-order valence-electron chi connectivity index (χ0n) is 13.1. The van der Waals surface area contributed by atoms with E-state index in [0.29, 0.717) is 24.7 Å². The van der Waals surface area contributed by atoms with Crippen molar-refractivity contribution < 1.29 is 27.8 Å². The van der Waals surface area contributed by atoms with Crippen LogP contribution in [0.2, 0.25) is 0 Å². The summed E-state index contributed by atoms with van der Waals surface area (Å²) < 4.78 is 52.4. The summed E-state index contributed by atoms with van der Waals surface area (Å²) in [6.07, 6.45) is 0.294. The Hall–Kier alpha value is -2.05. The minimum absolute atomic E-state index is 0.00313. The van der Waals surface area contributed by atoms with Gasteiger partial charge in [0.15, 0.2) is 23.7 Å². The van der Waals surface area contributed by atoms with Crippen molar-refractivity contribution in [1.29, 1.82) is 0 Å². The van der Waals surface area contributed by atoms with Gasteiger partial charge in [-0.2, -0.15) is 0 Å². The zero-order valence-corrected chi connectivity index (χ0v) is 13.1. The molecular weight excluding hydrogens is 321 g/mol. The molecule has 1 fully saturated rings. The molecule has 1 aliphatic heterocycles. The lowest BCUT2D eigenvalue weighted by atomic mass is 10.0. The average molecular weight is 338 g/mol. The average Bonchev–Trinajstić information content (AvgIpc) is 2.59. The van der Waals surface area contributed by atoms with Gasteiger partial charge in [-0.1, -0.05) is 19.1 Å². The molecule has 1 saturated heterocycles. The Morgan fingerprint density at radius 1 is 1.00 bits per heavy atom. The summed E-state index contributed by atoms with van der Waals surface area (Å²) in [6.45, 7) is 3.12. The van der Waals surface area contributed by atoms with E-state index in [2.05, 4.69) is 0 Å². The lowest BCUT2D eigenvalue weighted by Crippen LogP contribution is -2.26. The monoisotopic (exact) mass is 338 g/mol. The second-order valence-electron chi connectivity index (χ2n) is 5.80. The van der Waals surface area contributed by atoms with Crippen LogP contribution in [-0.4, -0.2) is 18.3 Å². The summed E-state index contributed by atoms with van der Waals surface area (Å²) in [5.74, 6) is -3.68. The van der Waals surface area contributed by atoms with Gasteiger partial charge in [0, 0.05) is 17.0 Å². The molecule has 3 rings (SSSR count). The van der Waals surface area contributed by atoms with Crippen LogP contribution in [0.4, 0.5) is 13.2 Å². The fraction of sp³-hybridized carbons (Fsp3) is 0.333. The first-order valence-corrected chi connectivity index (χ1v) is 7.70. The predicted octanol–water partition coefficient (Wildman–Crippen LogP) is 4.55. The highest BCUT2D eigenvalue weighted by Crippen LogP contribution is 2.32. The third kappa shape index (κ3) is 3.25. The van der Waals surface area contributed by atoms with Crippen molar-refractivity contribution >= 4 is 0 Å². The standard InChI is InChI=1S/C18H17F3O3/c1-2-10-8-23-18(24-9-10)11-3-4-13(14(19)5-11)12-6-15(20)17(22)16(21)7-12/h3-7,10,18,22H,2,8-9H2,1H3. The van der Waals surface area contributed by atoms with Crippen LogP contribution in [0.5, 0.6) is 5.75 Å². The third-order valence-corrected chi connectivity index (χ3v) is 4.14. The number of hydrogen-bond donors (Lipinski definition) is 1. The van der Waals surface area contributed by atoms with Crippen molar-refractivity contribution in [2.75, 3.05) is 13.2 Å². The van der Waals surface area contributed by atoms with E-state index in [1.807, 2.05) is 6.92 Å². The highest BCUT2D eigenvalue weighted by molar-refractivity contribution is 5.65. The SMILES string of the molecule is CCC1COC(c2ccc(-c3cc(F)c(O)c(F)c3)c(F)c2)OC1. The van der Waals surface area contributed by atoms with Gasteiger partial charge in [-0.15, -0.1) is 0 Å². The molecule has 2 aromatic rings. The Balaban J connectivity index is 1.85. The van der Waals surface area contributed by atoms with Crippen molar-refractivity contribution in [2.24, 2.45) is 5.92 Å². The molecule has 0 radical (unpaired) electrons. The van der Waals surface area contributed by atoms with Crippen molar-refractivity contribution in [1.82, 2.24) is 0 Å². The quantitative estimate of drug-likeness (QED) is 0.892. The van der Waals surface area contributed by atoms with E-state index in [1.54, 1.807) is 6.07 Å². The number of phenolic OH excluding ortho intramolecular Hbond substituents is 1. The number of rotatable bonds is 3. The van der Waals surface area contributed by atoms with Crippen LogP contribution >= 0.6 is 0 Å². The molecule has 1 heterocycles. The summed E-state index contributed by atoms with van der Waals surface area (Å²) in [6, 6.07) is 6.01. The van der Waals surface area contributed by atoms with Gasteiger partial charge < -0.3 is 14.6 Å². The van der Waals surface area contributed by atoms with Gasteiger partial charge in [-0.3, -0.25) is 0 Å². The first-order chi connectivity index (χ1) is 11.5. The number of phenols is 1. The molecule has 0 saturated carbocycles. The van der Waals surface area contributed by atoms with Crippen LogP contribution in [0.25, 0.3) is 11.1 Å². The molecule has 3 nitrogen and oxygen atoms in total. The summed E-state index contributed by atoms with van der Waals surface area (Å²) in [5, 5.41) is 9.13. The molecular formula is C18H17F3O3. The van der Waals surface area contributed by atoms with E-state index in [4.69, 9.17) is 14.6 Å². The third-order valence-electron chi connectivity index (χ3n) is 4.14. The Morgan fingerprint density at radius 3 is 2.17 bits per heavy atom. The van der Waals surface area contributed by atoms with E-state index in [9.17, 15) is 13.2 Å². The molecule has 0 aromatic heterocycles. The minimum atomic E-state index is -1.14. The van der Waals surface area contributed by atoms with Crippen molar-refractivity contribution in [3.8, 4) is 16.9 Å². The first kappa shape index (κ1) is 16.8. The molecule has 0 unspecified atom stereocenters. The predicted molar refractivity (Wildman–Crippen MR) is 81.8 cm³/mol.